The van der Waals surface area contributed by atoms with Crippen molar-refractivity contribution < 1.29 is 14.4 Å². The molecule has 0 bridgehead atoms. The first-order valence-electron chi connectivity index (χ1n) is 10.4. The second kappa shape index (κ2) is 10.4. The average Bonchev–Trinajstić information content (AvgIpc) is 2.73. The monoisotopic (exact) mass is 427 g/mol. The van der Waals surface area contributed by atoms with E-state index in [9.17, 15) is 4.79 Å². The molecule has 3 rings (SSSR count). The van der Waals surface area contributed by atoms with Crippen molar-refractivity contribution in [2.75, 3.05) is 50.1 Å². The second-order valence-electron chi connectivity index (χ2n) is 8.13. The number of piperazine rings is 1. The molecule has 1 fully saturated rings. The molecule has 2 aromatic carbocycles. The maximum atomic E-state index is 12.5. The third-order valence-corrected chi connectivity index (χ3v) is 5.22. The van der Waals surface area contributed by atoms with Crippen LogP contribution in [0.1, 0.15) is 24.2 Å². The van der Waals surface area contributed by atoms with Gasteiger partial charge < -0.3 is 19.9 Å². The van der Waals surface area contributed by atoms with Crippen molar-refractivity contribution in [1.29, 1.82) is 0 Å². The van der Waals surface area contributed by atoms with Crippen LogP contribution in [0, 0.1) is 5.92 Å². The Hall–Kier alpha value is -2.64. The summed E-state index contributed by atoms with van der Waals surface area (Å²) in [5.74, 6) is 0.832. The van der Waals surface area contributed by atoms with Gasteiger partial charge in [0.15, 0.2) is 5.11 Å². The molecule has 1 saturated heterocycles. The van der Waals surface area contributed by atoms with E-state index < -0.39 is 0 Å². The highest BCUT2D eigenvalue weighted by Gasteiger charge is 2.16. The summed E-state index contributed by atoms with van der Waals surface area (Å²) in [5, 5.41) is 6.08. The summed E-state index contributed by atoms with van der Waals surface area (Å²) in [6, 6.07) is 15.3. The summed E-state index contributed by atoms with van der Waals surface area (Å²) >= 11 is 5.31. The summed E-state index contributed by atoms with van der Waals surface area (Å²) in [5.41, 5.74) is 2.56. The number of rotatable bonds is 6. The Kier molecular flexibility index (Phi) is 7.65. The molecule has 30 heavy (non-hydrogen) atoms. The van der Waals surface area contributed by atoms with Crippen LogP contribution < -0.4 is 25.2 Å². The number of quaternary nitrogens is 1. The Bertz CT molecular complexity index is 862. The predicted molar refractivity (Wildman–Crippen MR) is 126 cm³/mol. The molecule has 0 aliphatic carbocycles. The number of nitrogens with one attached hydrogen (secondary N) is 3. The SMILES string of the molecule is CC(C)COc1cccc(C(=O)NC(=S)Nc2ccc(N3CC[NH+](C)CC3)cc2)c1. The van der Waals surface area contributed by atoms with E-state index in [4.69, 9.17) is 17.0 Å². The summed E-state index contributed by atoms with van der Waals surface area (Å²) < 4.78 is 5.69. The van der Waals surface area contributed by atoms with Crippen LogP contribution in [0.3, 0.4) is 0 Å². The van der Waals surface area contributed by atoms with E-state index in [0.29, 0.717) is 23.8 Å². The number of ether oxygens (including phenoxy) is 1. The van der Waals surface area contributed by atoms with Crippen LogP contribution in [-0.4, -0.2) is 50.9 Å². The molecule has 7 heteroatoms. The zero-order valence-electron chi connectivity index (χ0n) is 17.9. The standard InChI is InChI=1S/C23H30N4O2S/c1-17(2)16-29-21-6-4-5-18(15-21)22(28)25-23(30)24-19-7-9-20(10-8-19)27-13-11-26(3)12-14-27/h4-10,15,17H,11-14,16H2,1-3H3,(H2,24,25,28,30)/p+1. The molecular weight excluding hydrogens is 396 g/mol. The Morgan fingerprint density at radius 2 is 1.87 bits per heavy atom. The van der Waals surface area contributed by atoms with Gasteiger partial charge in [-0.1, -0.05) is 19.9 Å². The fraction of sp³-hybridized carbons (Fsp3) is 0.391. The Morgan fingerprint density at radius 1 is 1.17 bits per heavy atom. The van der Waals surface area contributed by atoms with Gasteiger partial charge in [-0.2, -0.15) is 0 Å². The van der Waals surface area contributed by atoms with Crippen LogP contribution in [0.4, 0.5) is 11.4 Å². The van der Waals surface area contributed by atoms with Crippen molar-refractivity contribution >= 4 is 34.6 Å². The van der Waals surface area contributed by atoms with Gasteiger partial charge in [-0.15, -0.1) is 0 Å². The first kappa shape index (κ1) is 22.1. The zero-order valence-corrected chi connectivity index (χ0v) is 18.7. The summed E-state index contributed by atoms with van der Waals surface area (Å²) in [6.45, 7) is 9.20. The van der Waals surface area contributed by atoms with Gasteiger partial charge in [0.2, 0.25) is 0 Å². The Labute approximate surface area is 184 Å². The molecule has 1 aliphatic rings. The number of likely N-dealkylation sites (N-methyl/N-ethyl adjacent to an activating group) is 1. The zero-order chi connectivity index (χ0) is 21.5. The number of nitrogens with zero attached hydrogens (tertiary/aromatic N) is 1. The molecule has 6 nitrogen and oxygen atoms in total. The van der Waals surface area contributed by atoms with Crippen LogP contribution in [0.5, 0.6) is 5.75 Å². The van der Waals surface area contributed by atoms with E-state index in [2.05, 4.69) is 48.6 Å². The highest BCUT2D eigenvalue weighted by atomic mass is 32.1. The third kappa shape index (κ3) is 6.43. The lowest BCUT2D eigenvalue weighted by molar-refractivity contribution is -0.880. The number of carbonyl (C=O) groups is 1. The van der Waals surface area contributed by atoms with Crippen molar-refractivity contribution in [2.45, 2.75) is 13.8 Å². The van der Waals surface area contributed by atoms with Crippen molar-refractivity contribution in [1.82, 2.24) is 5.32 Å². The van der Waals surface area contributed by atoms with Crippen LogP contribution in [-0.2, 0) is 0 Å². The molecule has 0 radical (unpaired) electrons. The molecule has 1 heterocycles. The molecule has 0 spiro atoms. The normalized spacial score (nSPS) is 14.5. The Balaban J connectivity index is 1.52. The van der Waals surface area contributed by atoms with E-state index in [1.807, 2.05) is 18.2 Å². The van der Waals surface area contributed by atoms with E-state index in [1.54, 1.807) is 23.1 Å². The first-order valence-corrected chi connectivity index (χ1v) is 10.8. The molecule has 3 N–H and O–H groups in total. The fourth-order valence-electron chi connectivity index (χ4n) is 3.23. The minimum Gasteiger partial charge on any atom is -0.493 e. The van der Waals surface area contributed by atoms with Gasteiger partial charge in [-0.25, -0.2) is 0 Å². The van der Waals surface area contributed by atoms with E-state index in [-0.39, 0.29) is 11.0 Å². The molecule has 0 saturated carbocycles. The van der Waals surface area contributed by atoms with Gasteiger partial charge in [-0.3, -0.25) is 10.1 Å². The number of thiocarbonyl (C=S) groups is 1. The van der Waals surface area contributed by atoms with Gasteiger partial charge in [0, 0.05) is 16.9 Å². The first-order chi connectivity index (χ1) is 14.4. The smallest absolute Gasteiger partial charge is 0.257 e. The van der Waals surface area contributed by atoms with Gasteiger partial charge in [0.25, 0.3) is 5.91 Å². The maximum Gasteiger partial charge on any atom is 0.257 e. The molecule has 1 aliphatic heterocycles. The van der Waals surface area contributed by atoms with Crippen LogP contribution in [0.25, 0.3) is 0 Å². The molecule has 0 unspecified atom stereocenters. The number of carbonyl (C=O) groups excluding carboxylic acids is 1. The fourth-order valence-corrected chi connectivity index (χ4v) is 3.44. The lowest BCUT2D eigenvalue weighted by Crippen LogP contribution is -3.12. The molecular formula is C23H31N4O2S+. The molecule has 160 valence electrons. The minimum atomic E-state index is -0.265. The van der Waals surface area contributed by atoms with E-state index >= 15 is 0 Å². The summed E-state index contributed by atoms with van der Waals surface area (Å²) in [7, 11) is 2.23. The van der Waals surface area contributed by atoms with E-state index in [0.717, 1.165) is 31.9 Å². The number of benzene rings is 2. The molecule has 1 amide bonds. The summed E-state index contributed by atoms with van der Waals surface area (Å²) in [4.78, 5) is 16.5. The lowest BCUT2D eigenvalue weighted by Gasteiger charge is -2.31. The topological polar surface area (TPSA) is 58.0 Å². The Morgan fingerprint density at radius 3 is 2.53 bits per heavy atom. The largest absolute Gasteiger partial charge is 0.493 e. The second-order valence-corrected chi connectivity index (χ2v) is 8.54. The van der Waals surface area contributed by atoms with Crippen LogP contribution >= 0.6 is 12.2 Å². The van der Waals surface area contributed by atoms with Crippen molar-refractivity contribution in [3.8, 4) is 5.75 Å². The third-order valence-electron chi connectivity index (χ3n) is 5.01. The van der Waals surface area contributed by atoms with Crippen LogP contribution in [0.2, 0.25) is 0 Å². The molecule has 2 aromatic rings. The highest BCUT2D eigenvalue weighted by molar-refractivity contribution is 7.80. The summed E-state index contributed by atoms with van der Waals surface area (Å²) in [6.07, 6.45) is 0. The minimum absolute atomic E-state index is 0.265. The molecule has 0 atom stereocenters. The van der Waals surface area contributed by atoms with Crippen molar-refractivity contribution in [2.24, 2.45) is 5.92 Å². The van der Waals surface area contributed by atoms with Crippen molar-refractivity contribution in [3.63, 3.8) is 0 Å². The van der Waals surface area contributed by atoms with E-state index in [1.165, 1.54) is 5.69 Å². The number of amides is 1. The quantitative estimate of drug-likeness (QED) is 0.617. The van der Waals surface area contributed by atoms with Gasteiger partial charge >= 0.3 is 0 Å². The number of hydrogen-bond acceptors (Lipinski definition) is 4. The number of hydrogen-bond donors (Lipinski definition) is 3. The highest BCUT2D eigenvalue weighted by Crippen LogP contribution is 2.18. The molecule has 0 aromatic heterocycles. The van der Waals surface area contributed by atoms with Crippen molar-refractivity contribution in [3.05, 3.63) is 54.1 Å². The van der Waals surface area contributed by atoms with Gasteiger partial charge in [0.1, 0.15) is 5.75 Å². The predicted octanol–water partition coefficient (Wildman–Crippen LogP) is 2.18. The number of anilines is 2. The average molecular weight is 428 g/mol. The maximum absolute atomic E-state index is 12.5. The van der Waals surface area contributed by atoms with Gasteiger partial charge in [0.05, 0.1) is 39.8 Å². The lowest BCUT2D eigenvalue weighted by atomic mass is 10.2. The van der Waals surface area contributed by atoms with Gasteiger partial charge in [-0.05, 0) is 60.6 Å². The van der Waals surface area contributed by atoms with Crippen LogP contribution in [0.15, 0.2) is 48.5 Å².